The van der Waals surface area contributed by atoms with Crippen molar-refractivity contribution < 1.29 is 19.1 Å². The Kier molecular flexibility index (Phi) is 7.57. The molecule has 1 aromatic rings. The average molecular weight is 471 g/mol. The summed E-state index contributed by atoms with van der Waals surface area (Å²) in [6, 6.07) is 6.41. The van der Waals surface area contributed by atoms with E-state index in [1.165, 1.54) is 0 Å². The van der Waals surface area contributed by atoms with Crippen LogP contribution in [0.15, 0.2) is 24.3 Å². The van der Waals surface area contributed by atoms with Gasteiger partial charge in [0.1, 0.15) is 18.7 Å². The second kappa shape index (κ2) is 10.4. The van der Waals surface area contributed by atoms with Gasteiger partial charge in [-0.05, 0) is 50.1 Å². The number of piperazine rings is 1. The number of likely N-dealkylation sites (tertiary alicyclic amines) is 1. The molecule has 0 radical (unpaired) electrons. The quantitative estimate of drug-likeness (QED) is 0.654. The Bertz CT molecular complexity index is 895. The summed E-state index contributed by atoms with van der Waals surface area (Å²) in [5, 5.41) is 2.97. The summed E-state index contributed by atoms with van der Waals surface area (Å²) in [6.07, 6.45) is 1.14. The predicted octanol–water partition coefficient (Wildman–Crippen LogP) is 1.79. The minimum Gasteiger partial charge on any atom is -0.369 e. The van der Waals surface area contributed by atoms with Gasteiger partial charge in [-0.2, -0.15) is 0 Å². The molecule has 3 aliphatic heterocycles. The largest absolute Gasteiger partial charge is 0.369 e. The van der Waals surface area contributed by atoms with Gasteiger partial charge in [0.2, 0.25) is 5.91 Å². The minimum atomic E-state index is -0.672. The van der Waals surface area contributed by atoms with Crippen molar-refractivity contribution in [2.75, 3.05) is 51.3 Å². The third-order valence-electron chi connectivity index (χ3n) is 7.41. The number of ether oxygens (including phenoxy) is 1. The lowest BCUT2D eigenvalue weighted by molar-refractivity contribution is -0.138. The summed E-state index contributed by atoms with van der Waals surface area (Å²) in [5.41, 5.74) is 1.64. The van der Waals surface area contributed by atoms with Gasteiger partial charge in [-0.3, -0.25) is 14.4 Å². The number of hydrogen-bond acceptors (Lipinski definition) is 6. The molecular weight excluding hydrogens is 432 g/mol. The van der Waals surface area contributed by atoms with Crippen LogP contribution >= 0.6 is 0 Å². The Morgan fingerprint density at radius 3 is 2.41 bits per heavy atom. The Morgan fingerprint density at radius 2 is 1.79 bits per heavy atom. The van der Waals surface area contributed by atoms with E-state index in [0.29, 0.717) is 18.5 Å². The van der Waals surface area contributed by atoms with Crippen molar-refractivity contribution in [3.63, 3.8) is 0 Å². The third kappa shape index (κ3) is 5.13. The fourth-order valence-electron chi connectivity index (χ4n) is 5.36. The summed E-state index contributed by atoms with van der Waals surface area (Å²) in [5.74, 6) is -0.118. The second-order valence-electron chi connectivity index (χ2n) is 10.3. The highest BCUT2D eigenvalue weighted by Crippen LogP contribution is 2.34. The second-order valence-corrected chi connectivity index (χ2v) is 10.3. The maximum Gasteiger partial charge on any atom is 0.251 e. The number of ketones is 1. The van der Waals surface area contributed by atoms with E-state index in [2.05, 4.69) is 29.1 Å². The molecule has 3 fully saturated rings. The lowest BCUT2D eigenvalue weighted by Gasteiger charge is -2.34. The fourth-order valence-corrected chi connectivity index (χ4v) is 5.36. The van der Waals surface area contributed by atoms with E-state index in [1.54, 1.807) is 4.90 Å². The van der Waals surface area contributed by atoms with E-state index in [0.717, 1.165) is 38.3 Å². The Morgan fingerprint density at radius 1 is 1.12 bits per heavy atom. The number of hydrogen-bond donors (Lipinski definition) is 1. The zero-order chi connectivity index (χ0) is 24.4. The van der Waals surface area contributed by atoms with Gasteiger partial charge in [0.05, 0.1) is 6.10 Å². The molecule has 2 amide bonds. The van der Waals surface area contributed by atoms with Crippen LogP contribution in [-0.4, -0.2) is 92.0 Å². The van der Waals surface area contributed by atoms with E-state index in [4.69, 9.17) is 4.74 Å². The number of anilines is 1. The van der Waals surface area contributed by atoms with Crippen LogP contribution in [-0.2, 0) is 14.3 Å². The molecule has 0 aromatic heterocycles. The standard InChI is InChI=1S/C26H38N4O4/c1-5-18-15-30(23-22(31)16-34-24(18)23)26(33)21(14-17(2)3)27-25(32)19-6-8-20(9-7-19)29-12-10-28(4)11-13-29/h6-9,17-18,21,23-24H,5,10-16H2,1-4H3,(H,27,32)/t18-,21+,23-,24-/m1/s1. The Labute approximate surface area is 202 Å². The molecule has 1 N–H and O–H groups in total. The van der Waals surface area contributed by atoms with Crippen molar-refractivity contribution >= 4 is 23.3 Å². The average Bonchev–Trinajstić information content (AvgIpc) is 3.39. The first-order valence-electron chi connectivity index (χ1n) is 12.6. The van der Waals surface area contributed by atoms with E-state index >= 15 is 0 Å². The highest BCUT2D eigenvalue weighted by Gasteiger charge is 2.52. The number of rotatable bonds is 7. The Balaban J connectivity index is 1.45. The first kappa shape index (κ1) is 24.7. The fraction of sp³-hybridized carbons (Fsp3) is 0.654. The highest BCUT2D eigenvalue weighted by molar-refractivity contribution is 5.99. The third-order valence-corrected chi connectivity index (χ3v) is 7.41. The van der Waals surface area contributed by atoms with Crippen LogP contribution in [0.3, 0.4) is 0 Å². The molecule has 4 atom stereocenters. The molecule has 4 rings (SSSR count). The molecule has 186 valence electrons. The molecule has 3 heterocycles. The molecule has 0 aliphatic carbocycles. The number of carbonyl (C=O) groups is 3. The molecule has 3 saturated heterocycles. The van der Waals surface area contributed by atoms with Gasteiger partial charge in [-0.25, -0.2) is 0 Å². The van der Waals surface area contributed by atoms with Crippen LogP contribution < -0.4 is 10.2 Å². The number of likely N-dealkylation sites (N-methyl/N-ethyl adjacent to an activating group) is 1. The Hall–Kier alpha value is -2.45. The van der Waals surface area contributed by atoms with Crippen LogP contribution in [0.25, 0.3) is 0 Å². The number of nitrogens with zero attached hydrogens (tertiary/aromatic N) is 3. The zero-order valence-corrected chi connectivity index (χ0v) is 20.8. The van der Waals surface area contributed by atoms with E-state index < -0.39 is 12.1 Å². The van der Waals surface area contributed by atoms with Crippen LogP contribution in [0.4, 0.5) is 5.69 Å². The molecule has 0 saturated carbocycles. The molecule has 0 bridgehead atoms. The van der Waals surface area contributed by atoms with Crippen molar-refractivity contribution in [1.29, 1.82) is 0 Å². The van der Waals surface area contributed by atoms with Gasteiger partial charge < -0.3 is 24.8 Å². The molecule has 0 spiro atoms. The molecule has 0 unspecified atom stereocenters. The van der Waals surface area contributed by atoms with E-state index in [1.807, 2.05) is 38.1 Å². The van der Waals surface area contributed by atoms with Crippen LogP contribution in [0.5, 0.6) is 0 Å². The monoisotopic (exact) mass is 470 g/mol. The zero-order valence-electron chi connectivity index (χ0n) is 20.8. The van der Waals surface area contributed by atoms with Gasteiger partial charge in [-0.1, -0.05) is 20.8 Å². The van der Waals surface area contributed by atoms with Gasteiger partial charge in [0.25, 0.3) is 5.91 Å². The van der Waals surface area contributed by atoms with Crippen LogP contribution in [0.2, 0.25) is 0 Å². The number of fused-ring (bicyclic) bond motifs is 1. The normalized spacial score (nSPS) is 26.1. The first-order chi connectivity index (χ1) is 16.3. The van der Waals surface area contributed by atoms with E-state index in [-0.39, 0.29) is 42.1 Å². The number of Topliss-reactive ketones (excluding diaryl/α,β-unsaturated/α-hetero) is 1. The molecule has 3 aliphatic rings. The molecule has 34 heavy (non-hydrogen) atoms. The highest BCUT2D eigenvalue weighted by atomic mass is 16.5. The maximum absolute atomic E-state index is 13.6. The van der Waals surface area contributed by atoms with Crippen LogP contribution in [0, 0.1) is 11.8 Å². The van der Waals surface area contributed by atoms with Crippen LogP contribution in [0.1, 0.15) is 44.0 Å². The van der Waals surface area contributed by atoms with Crippen molar-refractivity contribution in [2.45, 2.75) is 51.8 Å². The topological polar surface area (TPSA) is 82.2 Å². The predicted molar refractivity (Wildman–Crippen MR) is 131 cm³/mol. The lowest BCUT2D eigenvalue weighted by Crippen LogP contribution is -2.52. The molecule has 8 heteroatoms. The summed E-state index contributed by atoms with van der Waals surface area (Å²) < 4.78 is 5.71. The number of amides is 2. The van der Waals surface area contributed by atoms with Crippen molar-refractivity contribution in [3.8, 4) is 0 Å². The summed E-state index contributed by atoms with van der Waals surface area (Å²) >= 11 is 0. The molecule has 1 aromatic carbocycles. The van der Waals surface area contributed by atoms with Gasteiger partial charge in [0.15, 0.2) is 5.78 Å². The number of carbonyl (C=O) groups excluding carboxylic acids is 3. The van der Waals surface area contributed by atoms with Gasteiger partial charge in [-0.15, -0.1) is 0 Å². The number of nitrogens with one attached hydrogen (secondary N) is 1. The van der Waals surface area contributed by atoms with Crippen molar-refractivity contribution in [1.82, 2.24) is 15.1 Å². The SMILES string of the molecule is CC[C@@H]1CN(C(=O)[C@H](CC(C)C)NC(=O)c2ccc(N3CCN(C)CC3)cc2)[C@@H]2C(=O)CO[C@H]12. The summed E-state index contributed by atoms with van der Waals surface area (Å²) in [7, 11) is 2.12. The lowest BCUT2D eigenvalue weighted by atomic mass is 9.99. The van der Waals surface area contributed by atoms with Crippen molar-refractivity contribution in [3.05, 3.63) is 29.8 Å². The minimum absolute atomic E-state index is 0.0385. The first-order valence-corrected chi connectivity index (χ1v) is 12.6. The molecular formula is C26H38N4O4. The molecule has 8 nitrogen and oxygen atoms in total. The van der Waals surface area contributed by atoms with Gasteiger partial charge >= 0.3 is 0 Å². The van der Waals surface area contributed by atoms with Crippen molar-refractivity contribution in [2.24, 2.45) is 11.8 Å². The summed E-state index contributed by atoms with van der Waals surface area (Å²) in [6.45, 7) is 10.7. The smallest absolute Gasteiger partial charge is 0.251 e. The maximum atomic E-state index is 13.6. The van der Waals surface area contributed by atoms with Gasteiger partial charge in [0, 0.05) is 49.9 Å². The number of benzene rings is 1. The van der Waals surface area contributed by atoms with E-state index in [9.17, 15) is 14.4 Å². The summed E-state index contributed by atoms with van der Waals surface area (Å²) in [4.78, 5) is 45.5.